The van der Waals surface area contributed by atoms with Gasteiger partial charge in [0.05, 0.1) is 6.61 Å². The van der Waals surface area contributed by atoms with E-state index in [0.717, 1.165) is 19.6 Å². The van der Waals surface area contributed by atoms with Crippen LogP contribution in [0.3, 0.4) is 0 Å². The Balaban J connectivity index is 2.11. The van der Waals surface area contributed by atoms with E-state index < -0.39 is 0 Å². The van der Waals surface area contributed by atoms with E-state index in [9.17, 15) is 0 Å². The highest BCUT2D eigenvalue weighted by Crippen LogP contribution is 2.19. The molecule has 0 spiro atoms. The summed E-state index contributed by atoms with van der Waals surface area (Å²) in [4.78, 5) is 15.3. The van der Waals surface area contributed by atoms with Crippen LogP contribution in [-0.4, -0.2) is 54.9 Å². The Morgan fingerprint density at radius 2 is 1.90 bits per heavy atom. The summed E-state index contributed by atoms with van der Waals surface area (Å²) < 4.78 is 10.5. The molecule has 0 radical (unpaired) electrons. The molecule has 0 bridgehead atoms. The number of nitrogens with one attached hydrogen (secondary N) is 1. The first-order valence-electron chi connectivity index (χ1n) is 7.20. The maximum atomic E-state index is 5.51. The average Bonchev–Trinajstić information content (AvgIpc) is 2.49. The Bertz CT molecular complexity index is 410. The van der Waals surface area contributed by atoms with Gasteiger partial charge in [0.25, 0.3) is 0 Å². The standard InChI is InChI=1S/C13H23N5O2/c1-3-14-11-15-12(18-7-5-4-6-8-18)17-13(16-11)20-10-9-19-2/h3-10H2,1-2H3,(H,14,15,16,17). The summed E-state index contributed by atoms with van der Waals surface area (Å²) in [6.45, 7) is 5.71. The molecule has 1 aliphatic rings. The zero-order valence-electron chi connectivity index (χ0n) is 12.3. The van der Waals surface area contributed by atoms with Crippen LogP contribution in [0.15, 0.2) is 0 Å². The Hall–Kier alpha value is -1.63. The molecule has 112 valence electrons. The van der Waals surface area contributed by atoms with Crippen molar-refractivity contribution < 1.29 is 9.47 Å². The van der Waals surface area contributed by atoms with E-state index in [0.29, 0.717) is 31.1 Å². The van der Waals surface area contributed by atoms with E-state index in [4.69, 9.17) is 9.47 Å². The zero-order valence-corrected chi connectivity index (χ0v) is 12.3. The number of methoxy groups -OCH3 is 1. The second-order valence-corrected chi connectivity index (χ2v) is 4.66. The highest BCUT2D eigenvalue weighted by atomic mass is 16.5. The number of ether oxygens (including phenoxy) is 2. The molecule has 7 heteroatoms. The van der Waals surface area contributed by atoms with Crippen molar-refractivity contribution in [2.75, 3.05) is 50.2 Å². The molecular weight excluding hydrogens is 258 g/mol. The molecule has 0 saturated carbocycles. The van der Waals surface area contributed by atoms with Gasteiger partial charge in [0, 0.05) is 26.7 Å². The maximum absolute atomic E-state index is 5.51. The van der Waals surface area contributed by atoms with Gasteiger partial charge in [-0.2, -0.15) is 15.0 Å². The van der Waals surface area contributed by atoms with Gasteiger partial charge < -0.3 is 19.7 Å². The van der Waals surface area contributed by atoms with E-state index in [2.05, 4.69) is 25.2 Å². The molecule has 0 aliphatic carbocycles. The van der Waals surface area contributed by atoms with Crippen molar-refractivity contribution in [2.24, 2.45) is 0 Å². The van der Waals surface area contributed by atoms with E-state index in [1.807, 2.05) is 6.92 Å². The van der Waals surface area contributed by atoms with Crippen molar-refractivity contribution in [3.8, 4) is 6.01 Å². The van der Waals surface area contributed by atoms with Gasteiger partial charge in [-0.15, -0.1) is 0 Å². The smallest absolute Gasteiger partial charge is 0.323 e. The van der Waals surface area contributed by atoms with Gasteiger partial charge in [-0.3, -0.25) is 0 Å². The van der Waals surface area contributed by atoms with Gasteiger partial charge in [0.1, 0.15) is 6.61 Å². The van der Waals surface area contributed by atoms with Gasteiger partial charge in [0.2, 0.25) is 11.9 Å². The third kappa shape index (κ3) is 4.19. The number of hydrogen-bond acceptors (Lipinski definition) is 7. The van der Waals surface area contributed by atoms with Crippen LogP contribution in [0.1, 0.15) is 26.2 Å². The summed E-state index contributed by atoms with van der Waals surface area (Å²) in [5.74, 6) is 1.26. The minimum absolute atomic E-state index is 0.355. The number of piperidine rings is 1. The number of nitrogens with zero attached hydrogens (tertiary/aromatic N) is 4. The first kappa shape index (κ1) is 14.8. The van der Waals surface area contributed by atoms with Crippen LogP contribution in [0, 0.1) is 0 Å². The minimum Gasteiger partial charge on any atom is -0.461 e. The quantitative estimate of drug-likeness (QED) is 0.756. The molecule has 1 fully saturated rings. The van der Waals surface area contributed by atoms with Crippen LogP contribution >= 0.6 is 0 Å². The number of anilines is 2. The SMILES string of the molecule is CCNc1nc(OCCOC)nc(N2CCCCC2)n1. The lowest BCUT2D eigenvalue weighted by atomic mass is 10.1. The van der Waals surface area contributed by atoms with E-state index in [1.165, 1.54) is 19.3 Å². The molecule has 0 unspecified atom stereocenters. The molecule has 20 heavy (non-hydrogen) atoms. The zero-order chi connectivity index (χ0) is 14.2. The largest absolute Gasteiger partial charge is 0.461 e. The van der Waals surface area contributed by atoms with Crippen molar-refractivity contribution in [1.82, 2.24) is 15.0 Å². The summed E-state index contributed by atoms with van der Waals surface area (Å²) in [5.41, 5.74) is 0. The maximum Gasteiger partial charge on any atom is 0.323 e. The van der Waals surface area contributed by atoms with Gasteiger partial charge in [-0.05, 0) is 26.2 Å². The van der Waals surface area contributed by atoms with Crippen LogP contribution in [0.5, 0.6) is 6.01 Å². The van der Waals surface area contributed by atoms with Crippen LogP contribution in [0.2, 0.25) is 0 Å². The van der Waals surface area contributed by atoms with E-state index >= 15 is 0 Å². The topological polar surface area (TPSA) is 72.4 Å². The van der Waals surface area contributed by atoms with Gasteiger partial charge >= 0.3 is 6.01 Å². The first-order chi connectivity index (χ1) is 9.83. The van der Waals surface area contributed by atoms with Gasteiger partial charge in [0.15, 0.2) is 0 Å². The van der Waals surface area contributed by atoms with Crippen molar-refractivity contribution >= 4 is 11.9 Å². The van der Waals surface area contributed by atoms with Crippen molar-refractivity contribution in [3.05, 3.63) is 0 Å². The molecule has 2 heterocycles. The lowest BCUT2D eigenvalue weighted by Crippen LogP contribution is -2.31. The molecule has 0 amide bonds. The van der Waals surface area contributed by atoms with Gasteiger partial charge in [-0.25, -0.2) is 0 Å². The van der Waals surface area contributed by atoms with Crippen molar-refractivity contribution in [2.45, 2.75) is 26.2 Å². The molecule has 0 atom stereocenters. The second kappa shape index (κ2) is 7.84. The fourth-order valence-corrected chi connectivity index (χ4v) is 2.10. The highest BCUT2D eigenvalue weighted by Gasteiger charge is 2.16. The Kier molecular flexibility index (Phi) is 5.79. The minimum atomic E-state index is 0.355. The first-order valence-corrected chi connectivity index (χ1v) is 7.20. The second-order valence-electron chi connectivity index (χ2n) is 4.66. The highest BCUT2D eigenvalue weighted by molar-refractivity contribution is 5.38. The van der Waals surface area contributed by atoms with E-state index in [-0.39, 0.29) is 0 Å². The summed E-state index contributed by atoms with van der Waals surface area (Å²) >= 11 is 0. The average molecular weight is 281 g/mol. The van der Waals surface area contributed by atoms with Crippen LogP contribution in [0.4, 0.5) is 11.9 Å². The summed E-state index contributed by atoms with van der Waals surface area (Å²) in [5, 5.41) is 3.12. The molecule has 7 nitrogen and oxygen atoms in total. The molecule has 1 N–H and O–H groups in total. The molecule has 0 aromatic carbocycles. The van der Waals surface area contributed by atoms with Crippen LogP contribution in [0.25, 0.3) is 0 Å². The molecule has 1 saturated heterocycles. The number of rotatable bonds is 7. The predicted molar refractivity (Wildman–Crippen MR) is 77.4 cm³/mol. The molecule has 1 aliphatic heterocycles. The van der Waals surface area contributed by atoms with Crippen LogP contribution in [-0.2, 0) is 4.74 Å². The Morgan fingerprint density at radius 1 is 1.10 bits per heavy atom. The lowest BCUT2D eigenvalue weighted by Gasteiger charge is -2.26. The lowest BCUT2D eigenvalue weighted by molar-refractivity contribution is 0.141. The van der Waals surface area contributed by atoms with Crippen molar-refractivity contribution in [1.29, 1.82) is 0 Å². The fourth-order valence-electron chi connectivity index (χ4n) is 2.10. The van der Waals surface area contributed by atoms with Crippen molar-refractivity contribution in [3.63, 3.8) is 0 Å². The third-order valence-corrected chi connectivity index (χ3v) is 3.10. The molecular formula is C13H23N5O2. The predicted octanol–water partition coefficient (Wildman–Crippen LogP) is 1.32. The Labute approximate surface area is 119 Å². The summed E-state index contributed by atoms with van der Waals surface area (Å²) in [6, 6.07) is 0.355. The van der Waals surface area contributed by atoms with E-state index in [1.54, 1.807) is 7.11 Å². The summed E-state index contributed by atoms with van der Waals surface area (Å²) in [7, 11) is 1.64. The van der Waals surface area contributed by atoms with Gasteiger partial charge in [-0.1, -0.05) is 0 Å². The summed E-state index contributed by atoms with van der Waals surface area (Å²) in [6.07, 6.45) is 3.64. The monoisotopic (exact) mass is 281 g/mol. The molecule has 1 aromatic rings. The molecule has 1 aromatic heterocycles. The Morgan fingerprint density at radius 3 is 2.60 bits per heavy atom. The molecule has 2 rings (SSSR count). The number of hydrogen-bond donors (Lipinski definition) is 1. The normalized spacial score (nSPS) is 15.2. The van der Waals surface area contributed by atoms with Crippen LogP contribution < -0.4 is 15.0 Å². The fraction of sp³-hybridized carbons (Fsp3) is 0.769. The third-order valence-electron chi connectivity index (χ3n) is 3.10. The number of aromatic nitrogens is 3.